The largest absolute Gasteiger partial charge is 0.271 e. The van der Waals surface area contributed by atoms with Gasteiger partial charge >= 0.3 is 0 Å². The number of allylic oxidation sites excluding steroid dienone is 1. The van der Waals surface area contributed by atoms with E-state index >= 15 is 0 Å². The summed E-state index contributed by atoms with van der Waals surface area (Å²) >= 11 is 0. The molecule has 0 aromatic carbocycles. The Labute approximate surface area is 96.7 Å². The van der Waals surface area contributed by atoms with Gasteiger partial charge in [-0.3, -0.25) is 10.8 Å². The Balaban J connectivity index is 2.25. The summed E-state index contributed by atoms with van der Waals surface area (Å²) in [5.74, 6) is 5.67. The molecule has 1 heterocycles. The lowest BCUT2D eigenvalue weighted by molar-refractivity contribution is 0.565. The van der Waals surface area contributed by atoms with E-state index in [0.717, 1.165) is 12.1 Å². The van der Waals surface area contributed by atoms with Gasteiger partial charge in [0.15, 0.2) is 0 Å². The summed E-state index contributed by atoms with van der Waals surface area (Å²) in [5.41, 5.74) is 6.58. The minimum absolute atomic E-state index is 0.155. The van der Waals surface area contributed by atoms with Crippen molar-refractivity contribution in [3.8, 4) is 0 Å². The molecule has 0 aliphatic heterocycles. The number of nitrogens with one attached hydrogen (secondary N) is 1. The number of aromatic nitrogens is 1. The summed E-state index contributed by atoms with van der Waals surface area (Å²) in [6.07, 6.45) is 9.07. The lowest BCUT2D eigenvalue weighted by atomic mass is 9.90. The molecule has 0 bridgehead atoms. The fourth-order valence-electron chi connectivity index (χ4n) is 2.29. The number of rotatable bonds is 3. The highest BCUT2D eigenvalue weighted by molar-refractivity contribution is 5.28. The molecule has 0 amide bonds. The first kappa shape index (κ1) is 11.3. The first-order valence-corrected chi connectivity index (χ1v) is 5.89. The first-order chi connectivity index (χ1) is 7.81. The molecule has 3 heteroatoms. The normalized spacial score (nSPS) is 18.0. The van der Waals surface area contributed by atoms with E-state index in [4.69, 9.17) is 5.84 Å². The van der Waals surface area contributed by atoms with E-state index in [2.05, 4.69) is 22.6 Å². The number of hydrazine groups is 1. The SMILES string of the molecule is Cc1cc(C(NN)C2=CCCCC2)ccn1. The van der Waals surface area contributed by atoms with Gasteiger partial charge < -0.3 is 0 Å². The molecule has 0 saturated carbocycles. The number of nitrogens with zero attached hydrogens (tertiary/aromatic N) is 1. The minimum Gasteiger partial charge on any atom is -0.271 e. The Morgan fingerprint density at radius 2 is 2.31 bits per heavy atom. The lowest BCUT2D eigenvalue weighted by Crippen LogP contribution is -2.30. The van der Waals surface area contributed by atoms with Gasteiger partial charge in [-0.15, -0.1) is 0 Å². The maximum absolute atomic E-state index is 5.67. The fraction of sp³-hybridized carbons (Fsp3) is 0.462. The zero-order valence-corrected chi connectivity index (χ0v) is 9.74. The molecule has 3 N–H and O–H groups in total. The molecule has 16 heavy (non-hydrogen) atoms. The highest BCUT2D eigenvalue weighted by atomic mass is 15.2. The van der Waals surface area contributed by atoms with Crippen LogP contribution in [0.2, 0.25) is 0 Å². The van der Waals surface area contributed by atoms with Crippen molar-refractivity contribution in [1.82, 2.24) is 10.4 Å². The quantitative estimate of drug-likeness (QED) is 0.464. The summed E-state index contributed by atoms with van der Waals surface area (Å²) in [6, 6.07) is 4.29. The van der Waals surface area contributed by atoms with Crippen molar-refractivity contribution in [1.29, 1.82) is 0 Å². The number of aryl methyl sites for hydroxylation is 1. The predicted molar refractivity (Wildman–Crippen MR) is 65.6 cm³/mol. The third kappa shape index (κ3) is 2.49. The van der Waals surface area contributed by atoms with E-state index < -0.39 is 0 Å². The molecule has 0 radical (unpaired) electrons. The van der Waals surface area contributed by atoms with Crippen molar-refractivity contribution in [3.63, 3.8) is 0 Å². The number of nitrogens with two attached hydrogens (primary N) is 1. The number of hydrogen-bond acceptors (Lipinski definition) is 3. The van der Waals surface area contributed by atoms with Gasteiger partial charge in [-0.05, 0) is 50.3 Å². The number of pyridine rings is 1. The molecule has 86 valence electrons. The second-order valence-electron chi connectivity index (χ2n) is 4.36. The molecule has 2 rings (SSSR count). The van der Waals surface area contributed by atoms with Crippen molar-refractivity contribution in [3.05, 3.63) is 41.2 Å². The Hall–Kier alpha value is -1.19. The van der Waals surface area contributed by atoms with E-state index in [-0.39, 0.29) is 6.04 Å². The van der Waals surface area contributed by atoms with Gasteiger partial charge in [0.25, 0.3) is 0 Å². The summed E-state index contributed by atoms with van der Waals surface area (Å²) in [7, 11) is 0. The van der Waals surface area contributed by atoms with Crippen LogP contribution in [0.25, 0.3) is 0 Å². The molecule has 0 spiro atoms. The molecule has 0 saturated heterocycles. The molecule has 1 aromatic rings. The van der Waals surface area contributed by atoms with Crippen molar-refractivity contribution in [2.75, 3.05) is 0 Å². The second kappa shape index (κ2) is 5.23. The molecule has 1 aromatic heterocycles. The molecular weight excluding hydrogens is 198 g/mol. The Bertz CT molecular complexity index is 385. The van der Waals surface area contributed by atoms with Crippen molar-refractivity contribution in [2.24, 2.45) is 5.84 Å². The zero-order chi connectivity index (χ0) is 11.4. The van der Waals surface area contributed by atoms with Gasteiger partial charge in [-0.2, -0.15) is 0 Å². The summed E-state index contributed by atoms with van der Waals surface area (Å²) in [5, 5.41) is 0. The fourth-order valence-corrected chi connectivity index (χ4v) is 2.29. The highest BCUT2D eigenvalue weighted by Crippen LogP contribution is 2.29. The Morgan fingerprint density at radius 3 is 2.94 bits per heavy atom. The molecular formula is C13H19N3. The number of hydrogen-bond donors (Lipinski definition) is 2. The van der Waals surface area contributed by atoms with E-state index in [1.165, 1.54) is 30.4 Å². The molecule has 1 unspecified atom stereocenters. The van der Waals surface area contributed by atoms with Crippen LogP contribution in [0.15, 0.2) is 30.0 Å². The van der Waals surface area contributed by atoms with Crippen LogP contribution in [0, 0.1) is 6.92 Å². The predicted octanol–water partition coefficient (Wildman–Crippen LogP) is 2.39. The van der Waals surface area contributed by atoms with Crippen LogP contribution in [-0.2, 0) is 0 Å². The van der Waals surface area contributed by atoms with E-state index in [1.807, 2.05) is 19.2 Å². The van der Waals surface area contributed by atoms with E-state index in [9.17, 15) is 0 Å². The minimum atomic E-state index is 0.155. The smallest absolute Gasteiger partial charge is 0.0671 e. The van der Waals surface area contributed by atoms with Crippen molar-refractivity contribution in [2.45, 2.75) is 38.6 Å². The van der Waals surface area contributed by atoms with Crippen LogP contribution >= 0.6 is 0 Å². The Morgan fingerprint density at radius 1 is 1.44 bits per heavy atom. The van der Waals surface area contributed by atoms with Crippen LogP contribution in [0.3, 0.4) is 0 Å². The van der Waals surface area contributed by atoms with E-state index in [0.29, 0.717) is 0 Å². The average Bonchev–Trinajstić information content (AvgIpc) is 2.31. The van der Waals surface area contributed by atoms with Gasteiger partial charge in [-0.1, -0.05) is 11.6 Å². The highest BCUT2D eigenvalue weighted by Gasteiger charge is 2.16. The molecule has 0 fully saturated rings. The standard InChI is InChI=1S/C13H19N3/c1-10-9-12(7-8-15-10)13(16-14)11-5-3-2-4-6-11/h5,7-9,13,16H,2-4,6,14H2,1H3. The maximum Gasteiger partial charge on any atom is 0.0671 e. The van der Waals surface area contributed by atoms with Crippen molar-refractivity contribution < 1.29 is 0 Å². The Kier molecular flexibility index (Phi) is 3.70. The van der Waals surface area contributed by atoms with Crippen molar-refractivity contribution >= 4 is 0 Å². The monoisotopic (exact) mass is 217 g/mol. The molecule has 1 aliphatic rings. The zero-order valence-electron chi connectivity index (χ0n) is 9.74. The summed E-state index contributed by atoms with van der Waals surface area (Å²) in [6.45, 7) is 2.01. The third-order valence-corrected chi connectivity index (χ3v) is 3.12. The third-order valence-electron chi connectivity index (χ3n) is 3.12. The maximum atomic E-state index is 5.67. The topological polar surface area (TPSA) is 50.9 Å². The van der Waals surface area contributed by atoms with Gasteiger partial charge in [-0.25, -0.2) is 5.43 Å². The van der Waals surface area contributed by atoms with Gasteiger partial charge in [0.2, 0.25) is 0 Å². The molecule has 1 atom stereocenters. The summed E-state index contributed by atoms with van der Waals surface area (Å²) in [4.78, 5) is 4.21. The van der Waals surface area contributed by atoms with Gasteiger partial charge in [0.05, 0.1) is 6.04 Å². The van der Waals surface area contributed by atoms with Crippen LogP contribution in [0.4, 0.5) is 0 Å². The average molecular weight is 217 g/mol. The molecule has 3 nitrogen and oxygen atoms in total. The van der Waals surface area contributed by atoms with Gasteiger partial charge in [0, 0.05) is 11.9 Å². The van der Waals surface area contributed by atoms with E-state index in [1.54, 1.807) is 0 Å². The van der Waals surface area contributed by atoms with Crippen LogP contribution in [0.1, 0.15) is 43.0 Å². The summed E-state index contributed by atoms with van der Waals surface area (Å²) < 4.78 is 0. The lowest BCUT2D eigenvalue weighted by Gasteiger charge is -2.23. The first-order valence-electron chi connectivity index (χ1n) is 5.89. The van der Waals surface area contributed by atoms with Crippen LogP contribution in [0.5, 0.6) is 0 Å². The second-order valence-corrected chi connectivity index (χ2v) is 4.36. The molecule has 1 aliphatic carbocycles. The van der Waals surface area contributed by atoms with Gasteiger partial charge in [0.1, 0.15) is 0 Å². The van der Waals surface area contributed by atoms with Crippen LogP contribution in [-0.4, -0.2) is 4.98 Å². The van der Waals surface area contributed by atoms with Crippen LogP contribution < -0.4 is 11.3 Å².